The van der Waals surface area contributed by atoms with Crippen LogP contribution < -0.4 is 27.0 Å². The van der Waals surface area contributed by atoms with Crippen LogP contribution >= 0.6 is 23.5 Å². The number of hydrogen-bond acceptors (Lipinski definition) is 11. The predicted molar refractivity (Wildman–Crippen MR) is 154 cm³/mol. The first-order chi connectivity index (χ1) is 19.5. The summed E-state index contributed by atoms with van der Waals surface area (Å²) in [5.41, 5.74) is 6.42. The molecule has 0 saturated heterocycles. The lowest BCUT2D eigenvalue weighted by Crippen LogP contribution is -2.53. The van der Waals surface area contributed by atoms with Crippen molar-refractivity contribution in [3.05, 3.63) is 42.1 Å². The zero-order valence-electron chi connectivity index (χ0n) is 22.4. The Kier molecular flexibility index (Phi) is 13.8. The summed E-state index contributed by atoms with van der Waals surface area (Å²) in [6.45, 7) is -0.0166. The highest BCUT2D eigenvalue weighted by Crippen LogP contribution is 2.12. The number of carbonyl (C=O) groups is 6. The lowest BCUT2D eigenvalue weighted by molar-refractivity contribution is -0.149. The van der Waals surface area contributed by atoms with E-state index in [2.05, 4.69) is 26.3 Å². The van der Waals surface area contributed by atoms with E-state index >= 15 is 0 Å². The van der Waals surface area contributed by atoms with Crippen molar-refractivity contribution >= 4 is 70.0 Å². The SMILES string of the molecule is CSC[C@H](NC(=O)[C@@H](N)CSCNC(C)=O)C(=O)OC[C@@H](NC(=O)c1ccc2ccccc2n1)C(=O)NCC(=O)O. The van der Waals surface area contributed by atoms with Gasteiger partial charge < -0.3 is 36.8 Å². The lowest BCUT2D eigenvalue weighted by Gasteiger charge is -2.22. The van der Waals surface area contributed by atoms with E-state index in [1.54, 1.807) is 24.5 Å². The Hall–Kier alpha value is -3.89. The maximum Gasteiger partial charge on any atom is 0.329 e. The monoisotopic (exact) mass is 608 g/mol. The third kappa shape index (κ3) is 11.6. The maximum atomic E-state index is 12.9. The number of hydrogen-bond donors (Lipinski definition) is 6. The number of fused-ring (bicyclic) bond motifs is 1. The van der Waals surface area contributed by atoms with E-state index < -0.39 is 60.9 Å². The van der Waals surface area contributed by atoms with E-state index in [0.29, 0.717) is 5.52 Å². The molecule has 1 aromatic heterocycles. The van der Waals surface area contributed by atoms with Crippen molar-refractivity contribution < 1.29 is 38.6 Å². The fraction of sp³-hybridized carbons (Fsp3) is 0.400. The number of amides is 4. The minimum absolute atomic E-state index is 0.0102. The van der Waals surface area contributed by atoms with Crippen molar-refractivity contribution in [2.45, 2.75) is 25.0 Å². The second-order valence-corrected chi connectivity index (χ2v) is 10.5. The number of thioether (sulfide) groups is 2. The molecule has 0 saturated carbocycles. The molecular formula is C25H32N6O8S2. The summed E-state index contributed by atoms with van der Waals surface area (Å²) < 4.78 is 5.26. The van der Waals surface area contributed by atoms with Gasteiger partial charge in [-0.2, -0.15) is 11.8 Å². The second kappa shape index (κ2) is 17.0. The molecule has 0 aliphatic rings. The number of para-hydroxylation sites is 1. The van der Waals surface area contributed by atoms with Gasteiger partial charge >= 0.3 is 11.9 Å². The molecule has 1 aromatic carbocycles. The third-order valence-electron chi connectivity index (χ3n) is 5.25. The van der Waals surface area contributed by atoms with Gasteiger partial charge in [0, 0.05) is 23.8 Å². The van der Waals surface area contributed by atoms with Crippen molar-refractivity contribution in [3.63, 3.8) is 0 Å². The van der Waals surface area contributed by atoms with E-state index in [1.807, 2.05) is 12.1 Å². The Bertz CT molecular complexity index is 1260. The zero-order valence-corrected chi connectivity index (χ0v) is 24.0. The maximum absolute atomic E-state index is 12.9. The Balaban J connectivity index is 2.05. The summed E-state index contributed by atoms with van der Waals surface area (Å²) in [4.78, 5) is 77.0. The molecule has 7 N–H and O–H groups in total. The number of carbonyl (C=O) groups excluding carboxylic acids is 5. The topological polar surface area (TPSA) is 219 Å². The normalized spacial score (nSPS) is 12.9. The first kappa shape index (κ1) is 33.3. The quantitative estimate of drug-likeness (QED) is 0.0774. The minimum atomic E-state index is -1.46. The van der Waals surface area contributed by atoms with Crippen LogP contribution in [0.3, 0.4) is 0 Å². The third-order valence-corrected chi connectivity index (χ3v) is 6.86. The number of pyridine rings is 1. The number of nitrogens with zero attached hydrogens (tertiary/aromatic N) is 1. The predicted octanol–water partition coefficient (Wildman–Crippen LogP) is -0.921. The largest absolute Gasteiger partial charge is 0.480 e. The number of benzene rings is 1. The van der Waals surface area contributed by atoms with Gasteiger partial charge in [0.05, 0.1) is 17.4 Å². The molecule has 0 bridgehead atoms. The smallest absolute Gasteiger partial charge is 0.329 e. The average molecular weight is 609 g/mol. The Morgan fingerprint density at radius 1 is 0.976 bits per heavy atom. The molecule has 0 fully saturated rings. The van der Waals surface area contributed by atoms with Gasteiger partial charge in [0.1, 0.15) is 30.9 Å². The van der Waals surface area contributed by atoms with Crippen LogP contribution in [0.1, 0.15) is 17.4 Å². The van der Waals surface area contributed by atoms with Crippen molar-refractivity contribution in [3.8, 4) is 0 Å². The van der Waals surface area contributed by atoms with E-state index in [1.165, 1.54) is 36.5 Å². The van der Waals surface area contributed by atoms with Gasteiger partial charge in [0.15, 0.2) is 0 Å². The molecule has 0 unspecified atom stereocenters. The van der Waals surface area contributed by atoms with Gasteiger partial charge in [0.2, 0.25) is 17.7 Å². The van der Waals surface area contributed by atoms with Crippen LogP contribution in [0.5, 0.6) is 0 Å². The Morgan fingerprint density at radius 2 is 1.71 bits per heavy atom. The van der Waals surface area contributed by atoms with Crippen LogP contribution in [0.25, 0.3) is 10.9 Å². The van der Waals surface area contributed by atoms with Crippen LogP contribution in [-0.2, 0) is 28.7 Å². The second-order valence-electron chi connectivity index (χ2n) is 8.53. The van der Waals surface area contributed by atoms with E-state index in [4.69, 9.17) is 15.6 Å². The molecule has 0 aliphatic carbocycles. The summed E-state index contributed by atoms with van der Waals surface area (Å²) in [5.74, 6) is -4.14. The van der Waals surface area contributed by atoms with Crippen LogP contribution in [0.4, 0.5) is 0 Å². The van der Waals surface area contributed by atoms with Gasteiger partial charge in [0.25, 0.3) is 5.91 Å². The Morgan fingerprint density at radius 3 is 2.39 bits per heavy atom. The molecule has 2 rings (SSSR count). The van der Waals surface area contributed by atoms with Crippen molar-refractivity contribution in [2.75, 3.05) is 36.8 Å². The number of carboxylic acid groups (broad SMARTS) is 1. The van der Waals surface area contributed by atoms with Crippen molar-refractivity contribution in [1.29, 1.82) is 0 Å². The number of esters is 1. The van der Waals surface area contributed by atoms with Gasteiger partial charge in [-0.05, 0) is 18.4 Å². The van der Waals surface area contributed by atoms with Gasteiger partial charge in [-0.15, -0.1) is 11.8 Å². The molecule has 0 radical (unpaired) electrons. The van der Waals surface area contributed by atoms with E-state index in [-0.39, 0.29) is 29.0 Å². The first-order valence-electron chi connectivity index (χ1n) is 12.2. The molecule has 1 heterocycles. The highest BCUT2D eigenvalue weighted by atomic mass is 32.2. The summed E-state index contributed by atoms with van der Waals surface area (Å²) in [7, 11) is 0. The van der Waals surface area contributed by atoms with Crippen molar-refractivity contribution in [2.24, 2.45) is 5.73 Å². The summed E-state index contributed by atoms with van der Waals surface area (Å²) in [6, 6.07) is 6.66. The van der Waals surface area contributed by atoms with Crippen molar-refractivity contribution in [1.82, 2.24) is 26.3 Å². The molecule has 16 heteroatoms. The molecule has 4 amide bonds. The van der Waals surface area contributed by atoms with Gasteiger partial charge in [-0.1, -0.05) is 24.3 Å². The fourth-order valence-corrected chi connectivity index (χ4v) is 4.57. The average Bonchev–Trinajstić information content (AvgIpc) is 2.94. The molecule has 14 nitrogen and oxygen atoms in total. The molecule has 41 heavy (non-hydrogen) atoms. The Labute approximate surface area is 244 Å². The number of carboxylic acids is 1. The van der Waals surface area contributed by atoms with Crippen LogP contribution in [-0.4, -0.2) is 101 Å². The summed E-state index contributed by atoms with van der Waals surface area (Å²) in [5, 5.41) is 19.3. The molecule has 0 spiro atoms. The number of rotatable bonds is 16. The van der Waals surface area contributed by atoms with Gasteiger partial charge in [-0.3, -0.25) is 24.0 Å². The number of nitrogens with one attached hydrogen (secondary N) is 4. The fourth-order valence-electron chi connectivity index (χ4n) is 3.19. The van der Waals surface area contributed by atoms with Crippen LogP contribution in [0, 0.1) is 0 Å². The van der Waals surface area contributed by atoms with Crippen LogP contribution in [0.2, 0.25) is 0 Å². The van der Waals surface area contributed by atoms with Crippen LogP contribution in [0.15, 0.2) is 36.4 Å². The van der Waals surface area contributed by atoms with E-state index in [0.717, 1.165) is 5.39 Å². The molecular weight excluding hydrogens is 576 g/mol. The number of aromatic nitrogens is 1. The highest BCUT2D eigenvalue weighted by molar-refractivity contribution is 7.99. The number of ether oxygens (including phenoxy) is 1. The number of nitrogens with two attached hydrogens (primary N) is 1. The lowest BCUT2D eigenvalue weighted by atomic mass is 10.2. The summed E-state index contributed by atoms with van der Waals surface area (Å²) >= 11 is 2.47. The van der Waals surface area contributed by atoms with Gasteiger partial charge in [-0.25, -0.2) is 9.78 Å². The first-order valence-corrected chi connectivity index (χ1v) is 14.8. The van der Waals surface area contributed by atoms with E-state index in [9.17, 15) is 28.8 Å². The summed E-state index contributed by atoms with van der Waals surface area (Å²) in [6.07, 6.45) is 1.70. The molecule has 222 valence electrons. The zero-order chi connectivity index (χ0) is 30.4. The standard InChI is InChI=1S/C25H32N6O8S2/c1-14(32)28-13-41-11-16(26)22(35)31-20(12-40-2)25(38)39-10-19(23(36)27-9-21(33)34)30-24(37)18-8-7-15-5-3-4-6-17(15)29-18/h3-8,16,19-20H,9-13,26H2,1-2H3,(H,27,36)(H,28,32)(H,30,37)(H,31,35)(H,33,34)/t16-,19+,20-/m0/s1. The minimum Gasteiger partial charge on any atom is -0.480 e. The number of aliphatic carboxylic acids is 1. The molecule has 0 aliphatic heterocycles. The molecule has 3 atom stereocenters. The molecule has 2 aromatic rings. The highest BCUT2D eigenvalue weighted by Gasteiger charge is 2.28.